The Morgan fingerprint density at radius 1 is 1.11 bits per heavy atom. The van der Waals surface area contributed by atoms with Crippen LogP contribution in [-0.4, -0.2) is 22.4 Å². The molecule has 0 N–H and O–H groups in total. The first kappa shape index (κ1) is 18.6. The Morgan fingerprint density at radius 2 is 1.86 bits per heavy atom. The fourth-order valence-electron chi connectivity index (χ4n) is 3.24. The molecule has 0 saturated heterocycles. The van der Waals surface area contributed by atoms with Crippen LogP contribution in [-0.2, 0) is 12.6 Å². The first-order valence-corrected chi connectivity index (χ1v) is 9.08. The van der Waals surface area contributed by atoms with E-state index in [1.807, 2.05) is 34.6 Å². The summed E-state index contributed by atoms with van der Waals surface area (Å²) in [5.41, 5.74) is 1.57. The lowest BCUT2D eigenvalue weighted by Gasteiger charge is -2.29. The average molecular weight is 405 g/mol. The molecule has 2 heterocycles. The van der Waals surface area contributed by atoms with E-state index in [1.54, 1.807) is 12.3 Å². The van der Waals surface area contributed by atoms with Crippen LogP contribution in [0.25, 0.3) is 16.9 Å². The van der Waals surface area contributed by atoms with E-state index in [-0.39, 0.29) is 0 Å². The van der Waals surface area contributed by atoms with Crippen LogP contribution in [0.4, 0.5) is 18.9 Å². The largest absolute Gasteiger partial charge is 0.416 e. The predicted octanol–water partition coefficient (Wildman–Crippen LogP) is 5.62. The van der Waals surface area contributed by atoms with Crippen LogP contribution in [0.1, 0.15) is 18.3 Å². The number of rotatable bonds is 3. The van der Waals surface area contributed by atoms with Gasteiger partial charge in [0.05, 0.1) is 16.6 Å². The highest BCUT2D eigenvalue weighted by Crippen LogP contribution is 2.33. The summed E-state index contributed by atoms with van der Waals surface area (Å²) in [6, 6.07) is 10.5. The molecule has 4 nitrogen and oxygen atoms in total. The Hall–Kier alpha value is -2.80. The summed E-state index contributed by atoms with van der Waals surface area (Å²) in [4.78, 5) is 10.8. The predicted molar refractivity (Wildman–Crippen MR) is 106 cm³/mol. The van der Waals surface area contributed by atoms with Crippen molar-refractivity contribution in [1.82, 2.24) is 9.55 Å². The zero-order chi connectivity index (χ0) is 19.9. The fraction of sp³-hybridized carbons (Fsp3) is 0.200. The molecule has 0 fully saturated rings. The summed E-state index contributed by atoms with van der Waals surface area (Å²) in [5.74, 6) is 1.59. The number of hydrogen-bond acceptors (Lipinski definition) is 3. The van der Waals surface area contributed by atoms with Gasteiger partial charge >= 0.3 is 6.18 Å². The molecular weight excluding hydrogens is 389 g/mol. The van der Waals surface area contributed by atoms with Crippen molar-refractivity contribution in [2.75, 3.05) is 11.6 Å². The Balaban J connectivity index is 1.82. The smallest absolute Gasteiger partial charge is 0.307 e. The molecule has 8 heteroatoms. The maximum atomic E-state index is 12.9. The summed E-state index contributed by atoms with van der Waals surface area (Å²) < 4.78 is 40.7. The first-order valence-electron chi connectivity index (χ1n) is 8.70. The summed E-state index contributed by atoms with van der Waals surface area (Å²) in [7, 11) is 0. The van der Waals surface area contributed by atoms with Gasteiger partial charge in [0.2, 0.25) is 0 Å². The topological polar surface area (TPSA) is 33.4 Å². The minimum Gasteiger partial charge on any atom is -0.307 e. The van der Waals surface area contributed by atoms with Crippen LogP contribution in [0, 0.1) is 0 Å². The number of anilines is 1. The Labute approximate surface area is 164 Å². The lowest BCUT2D eigenvalue weighted by atomic mass is 10.2. The Morgan fingerprint density at radius 3 is 2.54 bits per heavy atom. The quantitative estimate of drug-likeness (QED) is 0.567. The first-order chi connectivity index (χ1) is 13.4. The second-order valence-corrected chi connectivity index (χ2v) is 6.76. The van der Waals surface area contributed by atoms with Crippen LogP contribution in [0.2, 0.25) is 5.02 Å². The van der Waals surface area contributed by atoms with Gasteiger partial charge in [-0.15, -0.1) is 0 Å². The molecule has 0 aliphatic carbocycles. The zero-order valence-electron chi connectivity index (χ0n) is 14.9. The number of allylic oxidation sites excluding steroid dienone is 1. The van der Waals surface area contributed by atoms with E-state index >= 15 is 0 Å². The van der Waals surface area contributed by atoms with Gasteiger partial charge in [0.1, 0.15) is 18.3 Å². The van der Waals surface area contributed by atoms with Crippen molar-refractivity contribution in [2.24, 2.45) is 4.99 Å². The number of halogens is 4. The number of imidazole rings is 1. The van der Waals surface area contributed by atoms with Gasteiger partial charge in [-0.3, -0.25) is 9.56 Å². The molecule has 3 aromatic rings. The van der Waals surface area contributed by atoms with E-state index in [0.717, 1.165) is 34.8 Å². The number of fused-ring (bicyclic) bond motifs is 1. The summed E-state index contributed by atoms with van der Waals surface area (Å²) in [5, 5.41) is 0.586. The molecule has 0 spiro atoms. The monoisotopic (exact) mass is 404 g/mol. The van der Waals surface area contributed by atoms with E-state index in [9.17, 15) is 13.2 Å². The van der Waals surface area contributed by atoms with Crippen molar-refractivity contribution < 1.29 is 13.2 Å². The molecule has 1 aliphatic heterocycles. The summed E-state index contributed by atoms with van der Waals surface area (Å²) >= 11 is 6.19. The van der Waals surface area contributed by atoms with Crippen LogP contribution in [0.3, 0.4) is 0 Å². The Bertz CT molecular complexity index is 1080. The molecular formula is C20H16ClF3N4. The van der Waals surface area contributed by atoms with Gasteiger partial charge in [0.15, 0.2) is 0 Å². The van der Waals surface area contributed by atoms with Crippen molar-refractivity contribution in [3.8, 4) is 0 Å². The van der Waals surface area contributed by atoms with Crippen LogP contribution in [0.15, 0.2) is 53.5 Å². The number of alkyl halides is 3. The van der Waals surface area contributed by atoms with E-state index in [2.05, 4.69) is 9.98 Å². The number of nitrogens with zero attached hydrogens (tertiary/aromatic N) is 4. The lowest BCUT2D eigenvalue weighted by molar-refractivity contribution is -0.137. The van der Waals surface area contributed by atoms with Crippen molar-refractivity contribution in [3.63, 3.8) is 0 Å². The molecule has 1 aliphatic rings. The van der Waals surface area contributed by atoms with E-state index in [1.165, 1.54) is 12.1 Å². The van der Waals surface area contributed by atoms with Gasteiger partial charge in [-0.25, -0.2) is 4.98 Å². The van der Waals surface area contributed by atoms with Crippen molar-refractivity contribution >= 4 is 40.4 Å². The molecule has 0 unspecified atom stereocenters. The maximum absolute atomic E-state index is 12.9. The minimum absolute atomic E-state index is 0.292. The second kappa shape index (κ2) is 6.98. The van der Waals surface area contributed by atoms with E-state index < -0.39 is 11.7 Å². The number of benzene rings is 2. The third-order valence-electron chi connectivity index (χ3n) is 4.57. The van der Waals surface area contributed by atoms with Crippen LogP contribution in [0.5, 0.6) is 0 Å². The molecule has 2 aromatic carbocycles. The van der Waals surface area contributed by atoms with Crippen molar-refractivity contribution in [1.29, 1.82) is 0 Å². The second-order valence-electron chi connectivity index (χ2n) is 6.32. The third-order valence-corrected chi connectivity index (χ3v) is 4.80. The lowest BCUT2D eigenvalue weighted by Crippen LogP contribution is -2.28. The highest BCUT2D eigenvalue weighted by atomic mass is 35.5. The number of hydrogen-bond donors (Lipinski definition) is 0. The third kappa shape index (κ3) is 3.26. The van der Waals surface area contributed by atoms with E-state index in [4.69, 9.17) is 11.6 Å². The normalized spacial score (nSPS) is 14.6. The molecule has 28 heavy (non-hydrogen) atoms. The fourth-order valence-corrected chi connectivity index (χ4v) is 3.41. The number of aromatic nitrogens is 2. The van der Waals surface area contributed by atoms with Crippen LogP contribution < -0.4 is 4.90 Å². The number of aliphatic imine (C=N–C) groups is 1. The van der Waals surface area contributed by atoms with Gasteiger partial charge < -0.3 is 4.90 Å². The minimum atomic E-state index is -4.37. The maximum Gasteiger partial charge on any atom is 0.416 e. The summed E-state index contributed by atoms with van der Waals surface area (Å²) in [6.45, 7) is 2.29. The highest BCUT2D eigenvalue weighted by Gasteiger charge is 2.30. The number of aryl methyl sites for hydroxylation is 1. The van der Waals surface area contributed by atoms with Crippen LogP contribution >= 0.6 is 11.6 Å². The molecule has 4 rings (SSSR count). The summed E-state index contributed by atoms with van der Waals surface area (Å²) in [6.07, 6.45) is -0.181. The van der Waals surface area contributed by atoms with Crippen molar-refractivity contribution in [3.05, 3.63) is 65.0 Å². The average Bonchev–Trinajstić information content (AvgIpc) is 3.05. The van der Waals surface area contributed by atoms with Gasteiger partial charge in [-0.2, -0.15) is 13.2 Å². The Kier molecular flexibility index (Phi) is 4.63. The molecule has 1 aromatic heterocycles. The van der Waals surface area contributed by atoms with Gasteiger partial charge in [-0.05, 0) is 48.5 Å². The van der Waals surface area contributed by atoms with E-state index in [0.29, 0.717) is 23.8 Å². The highest BCUT2D eigenvalue weighted by molar-refractivity contribution is 6.31. The molecule has 0 saturated carbocycles. The zero-order valence-corrected chi connectivity index (χ0v) is 15.7. The molecule has 0 bridgehead atoms. The standard InChI is InChI=1S/C20H16ClF3N4/c1-2-18-26-16-8-5-14(21)11-17(16)28(18)19-9-10-25-12-27(19)15-6-3-13(4-7-15)20(22,23)24/h3-11H,2,12H2,1H3. The SMILES string of the molecule is CCc1nc2ccc(Cl)cc2n1C1=CC=NCN1c1ccc(C(F)(F)F)cc1. The van der Waals surface area contributed by atoms with Gasteiger partial charge in [0, 0.05) is 23.3 Å². The molecule has 0 atom stereocenters. The molecule has 0 amide bonds. The van der Waals surface area contributed by atoms with Gasteiger partial charge in [-0.1, -0.05) is 18.5 Å². The molecule has 0 radical (unpaired) electrons. The van der Waals surface area contributed by atoms with Crippen molar-refractivity contribution in [2.45, 2.75) is 19.5 Å². The van der Waals surface area contributed by atoms with Gasteiger partial charge in [0.25, 0.3) is 0 Å². The molecule has 144 valence electrons.